The van der Waals surface area contributed by atoms with Gasteiger partial charge in [0.1, 0.15) is 11.9 Å². The number of amidine groups is 1. The standard InChI is InChI=1S/C21H20ClFN4O6S2/c1-33-21(30)16-17(11-4-6-27(9-11)35(31,32)10-15(28)29)25-19(20-24-5-7-34-20)26-18(16)13-3-2-12(23)8-14(13)22/h2-3,5,7-8,11,18H,4,6,9-10H2,1H3,(H,25,26)(H,28,29)/t11-,18+/m1/s1. The zero-order chi connectivity index (χ0) is 25.3. The second-order valence-corrected chi connectivity index (χ2v) is 11.1. The molecule has 14 heteroatoms. The first kappa shape index (κ1) is 25.2. The number of aliphatic imine (C=N–C) groups is 1. The Hall–Kier alpha value is -2.87. The number of sulfonamides is 1. The number of halogens is 2. The summed E-state index contributed by atoms with van der Waals surface area (Å²) in [7, 11) is -2.84. The van der Waals surface area contributed by atoms with Gasteiger partial charge in [-0.05, 0) is 18.6 Å². The first-order valence-corrected chi connectivity index (χ1v) is 13.2. The number of nitrogens with zero attached hydrogens (tertiary/aromatic N) is 3. The smallest absolute Gasteiger partial charge is 0.338 e. The lowest BCUT2D eigenvalue weighted by Gasteiger charge is -2.30. The van der Waals surface area contributed by atoms with E-state index in [1.54, 1.807) is 11.6 Å². The number of carboxylic acid groups (broad SMARTS) is 1. The highest BCUT2D eigenvalue weighted by Crippen LogP contribution is 2.40. The van der Waals surface area contributed by atoms with Crippen molar-refractivity contribution in [3.63, 3.8) is 0 Å². The highest BCUT2D eigenvalue weighted by molar-refractivity contribution is 7.89. The molecular formula is C21H20ClFN4O6S2. The minimum atomic E-state index is -4.04. The van der Waals surface area contributed by atoms with Gasteiger partial charge in [-0.3, -0.25) is 9.79 Å². The van der Waals surface area contributed by atoms with E-state index in [0.29, 0.717) is 28.5 Å². The number of carbonyl (C=O) groups excluding carboxylic acids is 1. The molecule has 1 fully saturated rings. The Kier molecular flexibility index (Phi) is 7.22. The average Bonchev–Trinajstić information content (AvgIpc) is 3.50. The summed E-state index contributed by atoms with van der Waals surface area (Å²) in [5.74, 6) is -3.93. The minimum Gasteiger partial charge on any atom is -0.480 e. The monoisotopic (exact) mass is 542 g/mol. The number of esters is 1. The molecule has 0 radical (unpaired) electrons. The molecule has 0 unspecified atom stereocenters. The largest absolute Gasteiger partial charge is 0.480 e. The number of rotatable bonds is 7. The number of thiazole rings is 1. The first-order chi connectivity index (χ1) is 16.6. The van der Waals surface area contributed by atoms with E-state index in [9.17, 15) is 22.4 Å². The molecule has 0 amide bonds. The van der Waals surface area contributed by atoms with Crippen molar-refractivity contribution >= 4 is 50.7 Å². The fourth-order valence-corrected chi connectivity index (χ4v) is 6.23. The lowest BCUT2D eigenvalue weighted by Crippen LogP contribution is -2.38. The van der Waals surface area contributed by atoms with Crippen LogP contribution in [0.1, 0.15) is 23.0 Å². The highest BCUT2D eigenvalue weighted by atomic mass is 35.5. The Morgan fingerprint density at radius 3 is 2.80 bits per heavy atom. The molecule has 0 aliphatic carbocycles. The summed E-state index contributed by atoms with van der Waals surface area (Å²) in [6, 6.07) is 2.76. The van der Waals surface area contributed by atoms with Gasteiger partial charge < -0.3 is 15.2 Å². The Labute approximate surface area is 209 Å². The van der Waals surface area contributed by atoms with Crippen LogP contribution in [0, 0.1) is 11.7 Å². The molecule has 3 heterocycles. The molecule has 2 aromatic rings. The van der Waals surface area contributed by atoms with Crippen molar-refractivity contribution in [1.29, 1.82) is 0 Å². The molecule has 1 aromatic heterocycles. The molecule has 0 spiro atoms. The van der Waals surface area contributed by atoms with Crippen molar-refractivity contribution < 1.29 is 32.2 Å². The van der Waals surface area contributed by atoms with Crippen LogP contribution in [0.5, 0.6) is 0 Å². The number of ether oxygens (including phenoxy) is 1. The van der Waals surface area contributed by atoms with Gasteiger partial charge in [0.05, 0.1) is 12.7 Å². The summed E-state index contributed by atoms with van der Waals surface area (Å²) in [6.45, 7) is 0.0269. The maximum Gasteiger partial charge on any atom is 0.338 e. The third kappa shape index (κ3) is 5.22. The van der Waals surface area contributed by atoms with Crippen molar-refractivity contribution in [3.8, 4) is 0 Å². The Morgan fingerprint density at radius 1 is 1.40 bits per heavy atom. The van der Waals surface area contributed by atoms with Gasteiger partial charge >= 0.3 is 11.9 Å². The van der Waals surface area contributed by atoms with E-state index in [0.717, 1.165) is 10.4 Å². The van der Waals surface area contributed by atoms with Gasteiger partial charge in [0.2, 0.25) is 10.0 Å². The maximum absolute atomic E-state index is 13.8. The van der Waals surface area contributed by atoms with Crippen LogP contribution in [0.3, 0.4) is 0 Å². The van der Waals surface area contributed by atoms with Gasteiger partial charge in [-0.2, -0.15) is 0 Å². The van der Waals surface area contributed by atoms with Gasteiger partial charge in [0.15, 0.2) is 16.6 Å². The summed E-state index contributed by atoms with van der Waals surface area (Å²) < 4.78 is 44.8. The fraction of sp³-hybridized carbons (Fsp3) is 0.333. The van der Waals surface area contributed by atoms with Gasteiger partial charge in [0.25, 0.3) is 0 Å². The Morgan fingerprint density at radius 2 is 2.17 bits per heavy atom. The van der Waals surface area contributed by atoms with Crippen molar-refractivity contribution in [3.05, 3.63) is 62.5 Å². The molecule has 2 aliphatic rings. The van der Waals surface area contributed by atoms with E-state index in [1.807, 2.05) is 0 Å². The summed E-state index contributed by atoms with van der Waals surface area (Å²) in [6.07, 6.45) is 1.90. The Balaban J connectivity index is 1.81. The number of aliphatic carboxylic acids is 1. The van der Waals surface area contributed by atoms with Gasteiger partial charge in [0, 0.05) is 46.9 Å². The summed E-state index contributed by atoms with van der Waals surface area (Å²) in [5, 5.41) is 14.4. The zero-order valence-electron chi connectivity index (χ0n) is 18.3. The lowest BCUT2D eigenvalue weighted by atomic mass is 9.90. The van der Waals surface area contributed by atoms with Crippen LogP contribution in [-0.4, -0.2) is 66.5 Å². The van der Waals surface area contributed by atoms with Crippen LogP contribution < -0.4 is 5.32 Å². The maximum atomic E-state index is 13.8. The van der Waals surface area contributed by atoms with E-state index >= 15 is 0 Å². The van der Waals surface area contributed by atoms with Crippen LogP contribution in [0.4, 0.5) is 4.39 Å². The molecule has 1 saturated heterocycles. The number of hydrogen-bond donors (Lipinski definition) is 2. The number of hydrogen-bond acceptors (Lipinski definition) is 9. The van der Waals surface area contributed by atoms with Crippen molar-refractivity contribution in [2.24, 2.45) is 10.9 Å². The van der Waals surface area contributed by atoms with Crippen LogP contribution in [0.2, 0.25) is 5.02 Å². The number of carbonyl (C=O) groups is 2. The van der Waals surface area contributed by atoms with E-state index < -0.39 is 45.5 Å². The van der Waals surface area contributed by atoms with Crippen LogP contribution in [-0.2, 0) is 24.3 Å². The SMILES string of the molecule is COC(=O)C1=C([C@@H]2CCN(S(=O)(=O)CC(=O)O)C2)NC(c2nccs2)=N[C@H]1c1ccc(F)cc1Cl. The minimum absolute atomic E-state index is 0.0482. The molecule has 0 bridgehead atoms. The van der Waals surface area contributed by atoms with Gasteiger partial charge in [-0.1, -0.05) is 17.7 Å². The Bertz CT molecular complexity index is 1330. The normalized spacial score (nSPS) is 20.9. The van der Waals surface area contributed by atoms with Crippen LogP contribution in [0.25, 0.3) is 0 Å². The van der Waals surface area contributed by atoms with Gasteiger partial charge in [-0.15, -0.1) is 11.3 Å². The molecule has 186 valence electrons. The summed E-state index contributed by atoms with van der Waals surface area (Å²) >= 11 is 7.62. The molecule has 2 aliphatic heterocycles. The number of aromatic nitrogens is 1. The average molecular weight is 543 g/mol. The lowest BCUT2D eigenvalue weighted by molar-refractivity contribution is -0.136. The van der Waals surface area contributed by atoms with E-state index in [1.165, 1.54) is 30.6 Å². The third-order valence-corrected chi connectivity index (χ3v) is 8.47. The number of methoxy groups -OCH3 is 1. The molecule has 2 N–H and O–H groups in total. The van der Waals surface area contributed by atoms with Crippen molar-refractivity contribution in [2.75, 3.05) is 26.0 Å². The summed E-state index contributed by atoms with van der Waals surface area (Å²) in [4.78, 5) is 32.9. The van der Waals surface area contributed by atoms with Crippen molar-refractivity contribution in [1.82, 2.24) is 14.6 Å². The molecule has 35 heavy (non-hydrogen) atoms. The second kappa shape index (κ2) is 10.0. The number of carboxylic acids is 1. The molecule has 0 saturated carbocycles. The highest BCUT2D eigenvalue weighted by Gasteiger charge is 2.41. The summed E-state index contributed by atoms with van der Waals surface area (Å²) in [5.41, 5.74) is 0.828. The van der Waals surface area contributed by atoms with E-state index in [4.69, 9.17) is 21.4 Å². The van der Waals surface area contributed by atoms with Crippen LogP contribution in [0.15, 0.2) is 46.0 Å². The molecule has 2 atom stereocenters. The predicted octanol–water partition coefficient (Wildman–Crippen LogP) is 2.19. The van der Waals surface area contributed by atoms with Crippen molar-refractivity contribution in [2.45, 2.75) is 12.5 Å². The quantitative estimate of drug-likeness (QED) is 0.508. The second-order valence-electron chi connectivity index (χ2n) is 7.82. The molecule has 4 rings (SSSR count). The van der Waals surface area contributed by atoms with Crippen LogP contribution >= 0.6 is 22.9 Å². The molecule has 1 aromatic carbocycles. The topological polar surface area (TPSA) is 138 Å². The molecular weight excluding hydrogens is 523 g/mol. The number of nitrogens with one attached hydrogen (secondary N) is 1. The van der Waals surface area contributed by atoms with E-state index in [2.05, 4.69) is 15.3 Å². The van der Waals surface area contributed by atoms with Gasteiger partial charge in [-0.25, -0.2) is 26.9 Å². The number of benzene rings is 1. The zero-order valence-corrected chi connectivity index (χ0v) is 20.7. The van der Waals surface area contributed by atoms with E-state index in [-0.39, 0.29) is 23.7 Å². The third-order valence-electron chi connectivity index (χ3n) is 5.63. The first-order valence-electron chi connectivity index (χ1n) is 10.3. The molecule has 10 nitrogen and oxygen atoms in total. The fourth-order valence-electron chi connectivity index (χ4n) is 4.08. The predicted molar refractivity (Wildman–Crippen MR) is 126 cm³/mol.